The molecule has 80 valence electrons. The summed E-state index contributed by atoms with van der Waals surface area (Å²) in [5, 5.41) is 0.00757. The van der Waals surface area contributed by atoms with Crippen molar-refractivity contribution in [2.75, 3.05) is 6.54 Å². The lowest BCUT2D eigenvalue weighted by Gasteiger charge is -2.05. The minimum Gasteiger partial charge on any atom is -0.209 e. The molecule has 1 heterocycles. The summed E-state index contributed by atoms with van der Waals surface area (Å²) in [7, 11) is -3.34. The van der Waals surface area contributed by atoms with E-state index in [2.05, 4.69) is 33.3 Å². The molecule has 7 heteroatoms. The molecular formula is C7H10BrNO2S3. The smallest absolute Gasteiger partial charge is 0.209 e. The highest BCUT2D eigenvalue weighted by Crippen LogP contribution is 2.25. The summed E-state index contributed by atoms with van der Waals surface area (Å²) in [5.74, 6) is 0. The SMILES string of the molecule is CC(S)CNS(=O)(=O)c1ccc(Br)s1. The van der Waals surface area contributed by atoms with E-state index in [0.29, 0.717) is 10.8 Å². The Labute approximate surface area is 101 Å². The molecule has 0 saturated carbocycles. The summed E-state index contributed by atoms with van der Waals surface area (Å²) in [6.45, 7) is 2.16. The molecule has 0 radical (unpaired) electrons. The number of hydrogen-bond donors (Lipinski definition) is 2. The highest BCUT2D eigenvalue weighted by Gasteiger charge is 2.16. The van der Waals surface area contributed by atoms with Gasteiger partial charge in [0.1, 0.15) is 4.21 Å². The number of hydrogen-bond acceptors (Lipinski definition) is 4. The number of nitrogens with one attached hydrogen (secondary N) is 1. The van der Waals surface area contributed by atoms with Crippen molar-refractivity contribution < 1.29 is 8.42 Å². The molecule has 1 unspecified atom stereocenters. The van der Waals surface area contributed by atoms with E-state index in [1.807, 2.05) is 6.92 Å². The van der Waals surface area contributed by atoms with Crippen molar-refractivity contribution in [3.63, 3.8) is 0 Å². The third-order valence-corrected chi connectivity index (χ3v) is 5.10. The molecule has 0 amide bonds. The molecule has 1 atom stereocenters. The first-order chi connectivity index (χ1) is 6.42. The van der Waals surface area contributed by atoms with Crippen molar-refractivity contribution in [1.29, 1.82) is 0 Å². The van der Waals surface area contributed by atoms with Crippen LogP contribution >= 0.6 is 39.9 Å². The summed E-state index contributed by atoms with van der Waals surface area (Å²) < 4.78 is 26.8. The van der Waals surface area contributed by atoms with E-state index >= 15 is 0 Å². The average molecular weight is 316 g/mol. The maximum absolute atomic E-state index is 11.6. The van der Waals surface area contributed by atoms with Gasteiger partial charge in [0.15, 0.2) is 0 Å². The van der Waals surface area contributed by atoms with Crippen LogP contribution in [0.5, 0.6) is 0 Å². The standard InChI is InChI=1S/C7H10BrNO2S3/c1-5(12)4-9-14(10,11)7-3-2-6(8)13-7/h2-3,5,9,12H,4H2,1H3. The Morgan fingerprint density at radius 2 is 2.29 bits per heavy atom. The second-order valence-corrected chi connectivity index (χ2v) is 8.10. The van der Waals surface area contributed by atoms with Crippen LogP contribution in [0.3, 0.4) is 0 Å². The molecular weight excluding hydrogens is 306 g/mol. The molecule has 0 spiro atoms. The van der Waals surface area contributed by atoms with Crippen LogP contribution in [0.1, 0.15) is 6.92 Å². The fourth-order valence-corrected chi connectivity index (χ4v) is 4.14. The third-order valence-electron chi connectivity index (χ3n) is 1.38. The Morgan fingerprint density at radius 1 is 1.64 bits per heavy atom. The second-order valence-electron chi connectivity index (χ2n) is 2.76. The van der Waals surface area contributed by atoms with Crippen molar-refractivity contribution in [2.24, 2.45) is 0 Å². The van der Waals surface area contributed by atoms with E-state index in [1.165, 1.54) is 11.3 Å². The number of halogens is 1. The van der Waals surface area contributed by atoms with Gasteiger partial charge in [-0.15, -0.1) is 11.3 Å². The minimum atomic E-state index is -3.34. The molecule has 0 aliphatic heterocycles. The Bertz CT molecular complexity index is 399. The van der Waals surface area contributed by atoms with Gasteiger partial charge in [-0.2, -0.15) is 12.6 Å². The molecule has 1 aromatic rings. The lowest BCUT2D eigenvalue weighted by atomic mass is 10.5. The van der Waals surface area contributed by atoms with E-state index in [1.54, 1.807) is 12.1 Å². The molecule has 0 aliphatic rings. The summed E-state index contributed by atoms with van der Waals surface area (Å²) in [4.78, 5) is 0. The lowest BCUT2D eigenvalue weighted by Crippen LogP contribution is -2.28. The van der Waals surface area contributed by atoms with E-state index < -0.39 is 10.0 Å². The highest BCUT2D eigenvalue weighted by atomic mass is 79.9. The van der Waals surface area contributed by atoms with Crippen LogP contribution in [0.4, 0.5) is 0 Å². The monoisotopic (exact) mass is 315 g/mol. The van der Waals surface area contributed by atoms with Gasteiger partial charge in [-0.05, 0) is 28.1 Å². The quantitative estimate of drug-likeness (QED) is 0.836. The van der Waals surface area contributed by atoms with Crippen molar-refractivity contribution in [1.82, 2.24) is 4.72 Å². The van der Waals surface area contributed by atoms with Crippen LogP contribution in [-0.2, 0) is 10.0 Å². The van der Waals surface area contributed by atoms with Crippen LogP contribution in [0, 0.1) is 0 Å². The average Bonchev–Trinajstić information content (AvgIpc) is 2.49. The van der Waals surface area contributed by atoms with Crippen molar-refractivity contribution in [2.45, 2.75) is 16.4 Å². The number of rotatable bonds is 4. The van der Waals surface area contributed by atoms with Crippen LogP contribution in [0.15, 0.2) is 20.1 Å². The van der Waals surface area contributed by atoms with Crippen LogP contribution in [-0.4, -0.2) is 20.2 Å². The molecule has 3 nitrogen and oxygen atoms in total. The molecule has 14 heavy (non-hydrogen) atoms. The van der Waals surface area contributed by atoms with Gasteiger partial charge in [0, 0.05) is 11.8 Å². The predicted molar refractivity (Wildman–Crippen MR) is 65.7 cm³/mol. The zero-order chi connectivity index (χ0) is 10.8. The fraction of sp³-hybridized carbons (Fsp3) is 0.429. The lowest BCUT2D eigenvalue weighted by molar-refractivity contribution is 0.583. The first-order valence-corrected chi connectivity index (χ1v) is 7.46. The molecule has 1 rings (SSSR count). The van der Waals surface area contributed by atoms with Crippen LogP contribution in [0.25, 0.3) is 0 Å². The van der Waals surface area contributed by atoms with E-state index in [0.717, 1.165) is 3.79 Å². The van der Waals surface area contributed by atoms with Gasteiger partial charge < -0.3 is 0 Å². The zero-order valence-electron chi connectivity index (χ0n) is 7.40. The maximum Gasteiger partial charge on any atom is 0.250 e. The fourth-order valence-electron chi connectivity index (χ4n) is 0.744. The van der Waals surface area contributed by atoms with E-state index in [9.17, 15) is 8.42 Å². The van der Waals surface area contributed by atoms with Crippen LogP contribution in [0.2, 0.25) is 0 Å². The summed E-state index contributed by atoms with van der Waals surface area (Å²) in [5.41, 5.74) is 0. The molecule has 1 N–H and O–H groups in total. The van der Waals surface area contributed by atoms with E-state index in [4.69, 9.17) is 0 Å². The Balaban J connectivity index is 2.76. The summed E-state index contributed by atoms with van der Waals surface area (Å²) >= 11 is 8.50. The van der Waals surface area contributed by atoms with Crippen molar-refractivity contribution >= 4 is 49.9 Å². The van der Waals surface area contributed by atoms with Gasteiger partial charge in [0.2, 0.25) is 10.0 Å². The Kier molecular flexibility index (Phi) is 4.45. The minimum absolute atomic E-state index is 0.00757. The highest BCUT2D eigenvalue weighted by molar-refractivity contribution is 9.11. The number of thiophene rings is 1. The number of sulfonamides is 1. The summed E-state index contributed by atoms with van der Waals surface area (Å²) in [6, 6.07) is 3.28. The third kappa shape index (κ3) is 3.54. The molecule has 0 bridgehead atoms. The largest absolute Gasteiger partial charge is 0.250 e. The molecule has 0 aromatic carbocycles. The zero-order valence-corrected chi connectivity index (χ0v) is 11.5. The summed E-state index contributed by atoms with van der Waals surface area (Å²) in [6.07, 6.45) is 0. The first kappa shape index (κ1) is 12.5. The van der Waals surface area contributed by atoms with E-state index in [-0.39, 0.29) is 5.25 Å². The van der Waals surface area contributed by atoms with Gasteiger partial charge in [-0.3, -0.25) is 0 Å². The molecule has 0 fully saturated rings. The molecule has 0 saturated heterocycles. The Hall–Kier alpha value is 0.440. The maximum atomic E-state index is 11.6. The van der Waals surface area contributed by atoms with Gasteiger partial charge in [0.25, 0.3) is 0 Å². The van der Waals surface area contributed by atoms with Gasteiger partial charge in [0.05, 0.1) is 3.79 Å². The van der Waals surface area contributed by atoms with Crippen LogP contribution < -0.4 is 4.72 Å². The first-order valence-electron chi connectivity index (χ1n) is 3.85. The number of thiol groups is 1. The topological polar surface area (TPSA) is 46.2 Å². The Morgan fingerprint density at radius 3 is 2.71 bits per heavy atom. The van der Waals surface area contributed by atoms with Gasteiger partial charge in [-0.1, -0.05) is 6.92 Å². The predicted octanol–water partition coefficient (Wildman–Crippen LogP) is 2.11. The van der Waals surface area contributed by atoms with Crippen molar-refractivity contribution in [3.8, 4) is 0 Å². The normalized spacial score (nSPS) is 14.2. The van der Waals surface area contributed by atoms with Gasteiger partial charge in [-0.25, -0.2) is 13.1 Å². The molecule has 0 aliphatic carbocycles. The second kappa shape index (κ2) is 4.98. The van der Waals surface area contributed by atoms with Gasteiger partial charge >= 0.3 is 0 Å². The molecule has 1 aromatic heterocycles. The van der Waals surface area contributed by atoms with Crippen molar-refractivity contribution in [3.05, 3.63) is 15.9 Å².